The number of nitrogens with two attached hydrogens (primary N) is 1. The van der Waals surface area contributed by atoms with Crippen LogP contribution in [0.3, 0.4) is 0 Å². The van der Waals surface area contributed by atoms with Gasteiger partial charge in [0, 0.05) is 7.05 Å². The van der Waals surface area contributed by atoms with Gasteiger partial charge in [0.2, 0.25) is 5.91 Å². The van der Waals surface area contributed by atoms with Crippen molar-refractivity contribution in [2.24, 2.45) is 10.7 Å². The number of amides is 1. The highest BCUT2D eigenvalue weighted by Crippen LogP contribution is 2.35. The lowest BCUT2D eigenvalue weighted by molar-refractivity contribution is -0.128. The number of methoxy groups -OCH3 is 1. The molecule has 24 heavy (non-hydrogen) atoms. The first kappa shape index (κ1) is 16.1. The molecule has 0 spiro atoms. The van der Waals surface area contributed by atoms with E-state index in [1.54, 1.807) is 14.2 Å². The molecule has 3 rings (SSSR count). The molecule has 2 aromatic rings. The summed E-state index contributed by atoms with van der Waals surface area (Å²) in [6.45, 7) is 1.94. The molecular formula is C19H21N3O2. The molecule has 0 fully saturated rings. The van der Waals surface area contributed by atoms with Gasteiger partial charge in [-0.3, -0.25) is 9.69 Å². The lowest BCUT2D eigenvalue weighted by Gasteiger charge is -2.33. The smallest absolute Gasteiger partial charge is 0.231 e. The first-order chi connectivity index (χ1) is 11.4. The van der Waals surface area contributed by atoms with E-state index in [4.69, 9.17) is 10.5 Å². The van der Waals surface area contributed by atoms with Gasteiger partial charge in [-0.2, -0.15) is 0 Å². The van der Waals surface area contributed by atoms with Crippen molar-refractivity contribution in [3.63, 3.8) is 0 Å². The van der Waals surface area contributed by atoms with Gasteiger partial charge < -0.3 is 10.5 Å². The predicted octanol–water partition coefficient (Wildman–Crippen LogP) is 2.75. The van der Waals surface area contributed by atoms with Crippen molar-refractivity contribution in [1.29, 1.82) is 0 Å². The predicted molar refractivity (Wildman–Crippen MR) is 94.8 cm³/mol. The molecule has 5 nitrogen and oxygen atoms in total. The average molecular weight is 323 g/mol. The Labute approximate surface area is 141 Å². The van der Waals surface area contributed by atoms with Crippen molar-refractivity contribution in [1.82, 2.24) is 4.90 Å². The van der Waals surface area contributed by atoms with Crippen LogP contribution < -0.4 is 10.5 Å². The first-order valence-corrected chi connectivity index (χ1v) is 7.80. The molecule has 1 atom stereocenters. The topological polar surface area (TPSA) is 67.9 Å². The molecule has 1 amide bonds. The number of ether oxygens (including phenoxy) is 1. The van der Waals surface area contributed by atoms with Gasteiger partial charge in [-0.1, -0.05) is 30.3 Å². The number of nitrogens with zero attached hydrogens (tertiary/aromatic N) is 2. The van der Waals surface area contributed by atoms with Crippen LogP contribution in [0, 0.1) is 0 Å². The molecule has 1 aliphatic heterocycles. The Kier molecular flexibility index (Phi) is 4.01. The van der Waals surface area contributed by atoms with E-state index in [9.17, 15) is 4.79 Å². The molecule has 1 aliphatic rings. The molecular weight excluding hydrogens is 302 g/mol. The lowest BCUT2D eigenvalue weighted by atomic mass is 9.86. The summed E-state index contributed by atoms with van der Waals surface area (Å²) < 4.78 is 5.29. The molecule has 0 unspecified atom stereocenters. The van der Waals surface area contributed by atoms with Gasteiger partial charge in [0.15, 0.2) is 5.96 Å². The summed E-state index contributed by atoms with van der Waals surface area (Å²) in [5.74, 6) is 1.03. The highest BCUT2D eigenvalue weighted by Gasteiger charge is 2.36. The van der Waals surface area contributed by atoms with Gasteiger partial charge in [0.25, 0.3) is 0 Å². The summed E-state index contributed by atoms with van der Waals surface area (Å²) >= 11 is 0. The maximum atomic E-state index is 12.2. The van der Waals surface area contributed by atoms with Gasteiger partial charge in [-0.05, 0) is 41.8 Å². The summed E-state index contributed by atoms with van der Waals surface area (Å²) in [5.41, 5.74) is 8.32. The van der Waals surface area contributed by atoms with Crippen molar-refractivity contribution in [3.8, 4) is 16.9 Å². The Balaban J connectivity index is 2.03. The van der Waals surface area contributed by atoms with E-state index in [2.05, 4.69) is 11.1 Å². The molecule has 2 N–H and O–H groups in total. The molecule has 124 valence electrons. The number of carbonyl (C=O) groups excluding carboxylic acids is 1. The normalized spacial score (nSPS) is 20.7. The zero-order valence-electron chi connectivity index (χ0n) is 14.1. The Morgan fingerprint density at radius 1 is 1.17 bits per heavy atom. The van der Waals surface area contributed by atoms with Gasteiger partial charge in [-0.25, -0.2) is 4.99 Å². The highest BCUT2D eigenvalue weighted by atomic mass is 16.5. The Bertz CT molecular complexity index is 816. The summed E-state index contributed by atoms with van der Waals surface area (Å²) in [6.07, 6.45) is 0.297. The second kappa shape index (κ2) is 6.00. The van der Waals surface area contributed by atoms with E-state index in [1.807, 2.05) is 49.4 Å². The minimum atomic E-state index is -0.650. The molecule has 0 radical (unpaired) electrons. The van der Waals surface area contributed by atoms with Gasteiger partial charge >= 0.3 is 0 Å². The van der Waals surface area contributed by atoms with Crippen LogP contribution >= 0.6 is 0 Å². The SMILES string of the molecule is COc1cccc(-c2cccc([C@@]3(C)CC(=O)N(C)C(N)=N3)c2)c1. The first-order valence-electron chi connectivity index (χ1n) is 7.80. The van der Waals surface area contributed by atoms with E-state index < -0.39 is 5.54 Å². The number of hydrogen-bond donors (Lipinski definition) is 1. The molecule has 0 aliphatic carbocycles. The van der Waals surface area contributed by atoms with Gasteiger partial charge in [0.05, 0.1) is 19.1 Å². The summed E-state index contributed by atoms with van der Waals surface area (Å²) in [5, 5.41) is 0. The second-order valence-corrected chi connectivity index (χ2v) is 6.19. The number of hydrogen-bond acceptors (Lipinski definition) is 4. The van der Waals surface area contributed by atoms with Crippen LogP contribution in [0.4, 0.5) is 0 Å². The fourth-order valence-corrected chi connectivity index (χ4v) is 2.91. The standard InChI is InChI=1S/C19H21N3O2/c1-19(12-17(23)22(2)18(20)21-19)15-8-4-6-13(10-15)14-7-5-9-16(11-14)24-3/h4-11H,12H2,1-3H3,(H2,20,21)/t19-/m1/s1. The molecule has 0 aromatic heterocycles. The van der Waals surface area contributed by atoms with E-state index >= 15 is 0 Å². The van der Waals surface area contributed by atoms with Crippen LogP contribution in [0.15, 0.2) is 53.5 Å². The highest BCUT2D eigenvalue weighted by molar-refractivity contribution is 5.98. The fourth-order valence-electron chi connectivity index (χ4n) is 2.91. The maximum absolute atomic E-state index is 12.2. The maximum Gasteiger partial charge on any atom is 0.231 e. The third-order valence-electron chi connectivity index (χ3n) is 4.46. The van der Waals surface area contributed by atoms with Crippen LogP contribution in [0.1, 0.15) is 18.9 Å². The molecule has 1 heterocycles. The van der Waals surface area contributed by atoms with Crippen molar-refractivity contribution in [2.75, 3.05) is 14.2 Å². The minimum Gasteiger partial charge on any atom is -0.497 e. The van der Waals surface area contributed by atoms with Crippen molar-refractivity contribution in [2.45, 2.75) is 18.9 Å². The number of aliphatic imine (C=N–C) groups is 1. The summed E-state index contributed by atoms with van der Waals surface area (Å²) in [4.78, 5) is 18.1. The number of guanidine groups is 1. The zero-order valence-corrected chi connectivity index (χ0v) is 14.1. The Morgan fingerprint density at radius 2 is 1.83 bits per heavy atom. The molecule has 0 saturated carbocycles. The van der Waals surface area contributed by atoms with Crippen molar-refractivity contribution < 1.29 is 9.53 Å². The van der Waals surface area contributed by atoms with Crippen LogP contribution in [0.5, 0.6) is 5.75 Å². The molecule has 0 bridgehead atoms. The molecule has 0 saturated heterocycles. The quantitative estimate of drug-likeness (QED) is 0.944. The third kappa shape index (κ3) is 2.85. The van der Waals surface area contributed by atoms with E-state index in [1.165, 1.54) is 4.90 Å². The van der Waals surface area contributed by atoms with Crippen LogP contribution in [-0.4, -0.2) is 30.9 Å². The Hall–Kier alpha value is -2.82. The van der Waals surface area contributed by atoms with E-state index in [0.29, 0.717) is 6.42 Å². The van der Waals surface area contributed by atoms with Crippen LogP contribution in [0.2, 0.25) is 0 Å². The van der Waals surface area contributed by atoms with Crippen LogP contribution in [0.25, 0.3) is 11.1 Å². The summed E-state index contributed by atoms with van der Waals surface area (Å²) in [7, 11) is 3.30. The number of carbonyl (C=O) groups is 1. The van der Waals surface area contributed by atoms with Gasteiger partial charge in [-0.15, -0.1) is 0 Å². The fraction of sp³-hybridized carbons (Fsp3) is 0.263. The van der Waals surface area contributed by atoms with Crippen molar-refractivity contribution >= 4 is 11.9 Å². The van der Waals surface area contributed by atoms with E-state index in [0.717, 1.165) is 22.4 Å². The van der Waals surface area contributed by atoms with Gasteiger partial charge in [0.1, 0.15) is 5.75 Å². The molecule has 5 heteroatoms. The van der Waals surface area contributed by atoms with Crippen molar-refractivity contribution in [3.05, 3.63) is 54.1 Å². The van der Waals surface area contributed by atoms with Crippen LogP contribution in [-0.2, 0) is 10.3 Å². The minimum absolute atomic E-state index is 0.0308. The number of benzene rings is 2. The van der Waals surface area contributed by atoms with E-state index in [-0.39, 0.29) is 11.9 Å². The summed E-state index contributed by atoms with van der Waals surface area (Å²) in [6, 6.07) is 15.9. The lowest BCUT2D eigenvalue weighted by Crippen LogP contribution is -2.47. The largest absolute Gasteiger partial charge is 0.497 e. The Morgan fingerprint density at radius 3 is 2.50 bits per heavy atom. The monoisotopic (exact) mass is 323 g/mol. The second-order valence-electron chi connectivity index (χ2n) is 6.19. The number of rotatable bonds is 3. The third-order valence-corrected chi connectivity index (χ3v) is 4.46. The zero-order chi connectivity index (χ0) is 17.3. The average Bonchev–Trinajstić information content (AvgIpc) is 2.60. The molecule has 2 aromatic carbocycles.